The molecule has 1 atom stereocenters. The number of primary amides is 1. The molecule has 8 heteroatoms. The zero-order valence-corrected chi connectivity index (χ0v) is 11.0. The van der Waals surface area contributed by atoms with Gasteiger partial charge in [-0.15, -0.1) is 0 Å². The summed E-state index contributed by atoms with van der Waals surface area (Å²) in [5.41, 5.74) is 5.13. The van der Waals surface area contributed by atoms with Crippen LogP contribution in [0.25, 0.3) is 0 Å². The molecule has 19 heavy (non-hydrogen) atoms. The smallest absolute Gasteiger partial charge is 0.240 e. The molecule has 1 saturated heterocycles. The van der Waals surface area contributed by atoms with Crippen LogP contribution in [0.5, 0.6) is 0 Å². The van der Waals surface area contributed by atoms with Gasteiger partial charge in [-0.2, -0.15) is 0 Å². The van der Waals surface area contributed by atoms with E-state index in [2.05, 4.69) is 5.32 Å². The molecule has 3 amide bonds. The molecular weight excluding hydrogens is 252 g/mol. The third-order valence-electron chi connectivity index (χ3n) is 2.91. The van der Waals surface area contributed by atoms with E-state index in [1.54, 1.807) is 9.80 Å². The molecule has 1 heterocycles. The summed E-state index contributed by atoms with van der Waals surface area (Å²) in [6.07, 6.45) is 0. The number of carbonyl (C=O) groups is 3. The lowest BCUT2D eigenvalue weighted by molar-refractivity contribution is -0.137. The summed E-state index contributed by atoms with van der Waals surface area (Å²) < 4.78 is 0. The van der Waals surface area contributed by atoms with Crippen molar-refractivity contribution in [2.45, 2.75) is 13.0 Å². The quantitative estimate of drug-likeness (QED) is 0.429. The number of hydrogen-bond donors (Lipinski definition) is 3. The van der Waals surface area contributed by atoms with Gasteiger partial charge < -0.3 is 10.8 Å². The molecule has 1 rings (SSSR count). The van der Waals surface area contributed by atoms with E-state index in [0.29, 0.717) is 13.1 Å². The van der Waals surface area contributed by atoms with Crippen LogP contribution in [0, 0.1) is 0 Å². The number of nitrogens with two attached hydrogens (primary N) is 1. The Balaban J connectivity index is 2.54. The molecule has 0 spiro atoms. The van der Waals surface area contributed by atoms with Crippen LogP contribution in [0.4, 0.5) is 0 Å². The molecule has 1 aliphatic rings. The Labute approximate surface area is 111 Å². The highest BCUT2D eigenvalue weighted by atomic mass is 16.3. The highest BCUT2D eigenvalue weighted by molar-refractivity contribution is 5.99. The number of nitrogens with one attached hydrogen (secondary N) is 1. The zero-order chi connectivity index (χ0) is 14.4. The molecule has 0 aliphatic carbocycles. The number of imide groups is 1. The van der Waals surface area contributed by atoms with Crippen molar-refractivity contribution in [1.82, 2.24) is 15.1 Å². The van der Waals surface area contributed by atoms with E-state index < -0.39 is 5.91 Å². The topological polar surface area (TPSA) is 116 Å². The average Bonchev–Trinajstić information content (AvgIpc) is 2.26. The first kappa shape index (κ1) is 15.5. The van der Waals surface area contributed by atoms with Gasteiger partial charge >= 0.3 is 0 Å². The molecule has 0 unspecified atom stereocenters. The Morgan fingerprint density at radius 3 is 2.53 bits per heavy atom. The predicted molar refractivity (Wildman–Crippen MR) is 66.9 cm³/mol. The summed E-state index contributed by atoms with van der Waals surface area (Å²) in [4.78, 5) is 36.9. The highest BCUT2D eigenvalue weighted by Gasteiger charge is 2.27. The van der Waals surface area contributed by atoms with E-state index in [4.69, 9.17) is 10.8 Å². The maximum absolute atomic E-state index is 11.3. The molecule has 4 N–H and O–H groups in total. The SMILES string of the molecule is C[C@@H](CN(CCO)CC(N)=O)N1CC(=O)NC(=O)C1. The fourth-order valence-electron chi connectivity index (χ4n) is 2.06. The molecule has 0 aromatic heterocycles. The van der Waals surface area contributed by atoms with Gasteiger partial charge in [0.1, 0.15) is 0 Å². The molecule has 8 nitrogen and oxygen atoms in total. The van der Waals surface area contributed by atoms with Gasteiger partial charge in [0.2, 0.25) is 17.7 Å². The second kappa shape index (κ2) is 7.17. The van der Waals surface area contributed by atoms with E-state index >= 15 is 0 Å². The van der Waals surface area contributed by atoms with Crippen LogP contribution in [0.1, 0.15) is 6.92 Å². The molecule has 1 aliphatic heterocycles. The number of piperazine rings is 1. The van der Waals surface area contributed by atoms with Crippen molar-refractivity contribution in [2.24, 2.45) is 5.73 Å². The van der Waals surface area contributed by atoms with Crippen molar-refractivity contribution >= 4 is 17.7 Å². The Morgan fingerprint density at radius 2 is 2.05 bits per heavy atom. The van der Waals surface area contributed by atoms with Crippen LogP contribution in [0.15, 0.2) is 0 Å². The van der Waals surface area contributed by atoms with Crippen LogP contribution in [0.3, 0.4) is 0 Å². The molecule has 0 aromatic carbocycles. The average molecular weight is 272 g/mol. The predicted octanol–water partition coefficient (Wildman–Crippen LogP) is -2.89. The van der Waals surface area contributed by atoms with Gasteiger partial charge in [0.15, 0.2) is 0 Å². The van der Waals surface area contributed by atoms with E-state index in [1.807, 2.05) is 6.92 Å². The minimum absolute atomic E-state index is 0.0406. The second-order valence-electron chi connectivity index (χ2n) is 4.65. The number of amides is 3. The number of hydrogen-bond acceptors (Lipinski definition) is 6. The molecule has 0 bridgehead atoms. The van der Waals surface area contributed by atoms with Crippen molar-refractivity contribution in [3.63, 3.8) is 0 Å². The number of rotatable bonds is 7. The summed E-state index contributed by atoms with van der Waals surface area (Å²) in [7, 11) is 0. The van der Waals surface area contributed by atoms with Crippen molar-refractivity contribution in [3.05, 3.63) is 0 Å². The van der Waals surface area contributed by atoms with Crippen LogP contribution in [-0.4, -0.2) is 78.0 Å². The lowest BCUT2D eigenvalue weighted by Gasteiger charge is -2.34. The number of aliphatic hydroxyl groups is 1. The van der Waals surface area contributed by atoms with Crippen molar-refractivity contribution in [2.75, 3.05) is 39.3 Å². The van der Waals surface area contributed by atoms with Gasteiger partial charge in [-0.3, -0.25) is 29.5 Å². The summed E-state index contributed by atoms with van der Waals surface area (Å²) >= 11 is 0. The molecule has 108 valence electrons. The summed E-state index contributed by atoms with van der Waals surface area (Å²) in [5, 5.41) is 11.2. The van der Waals surface area contributed by atoms with Crippen LogP contribution in [-0.2, 0) is 14.4 Å². The van der Waals surface area contributed by atoms with Gasteiger partial charge in [-0.25, -0.2) is 0 Å². The zero-order valence-electron chi connectivity index (χ0n) is 11.0. The first-order valence-electron chi connectivity index (χ1n) is 6.10. The maximum Gasteiger partial charge on any atom is 0.240 e. The first-order chi connectivity index (χ1) is 8.92. The Morgan fingerprint density at radius 1 is 1.47 bits per heavy atom. The van der Waals surface area contributed by atoms with E-state index in [9.17, 15) is 14.4 Å². The van der Waals surface area contributed by atoms with Crippen LogP contribution >= 0.6 is 0 Å². The molecule has 1 fully saturated rings. The standard InChI is InChI=1S/C11H20N4O4/c1-8(4-14(2-3-16)5-9(12)17)15-6-10(18)13-11(19)7-15/h8,16H,2-7H2,1H3,(H2,12,17)(H,13,18,19)/t8-/m0/s1. The minimum atomic E-state index is -0.479. The normalized spacial score (nSPS) is 18.5. The number of aliphatic hydroxyl groups excluding tert-OH is 1. The van der Waals surface area contributed by atoms with Crippen LogP contribution < -0.4 is 11.1 Å². The first-order valence-corrected chi connectivity index (χ1v) is 6.10. The van der Waals surface area contributed by atoms with Gasteiger partial charge in [0, 0.05) is 19.1 Å². The van der Waals surface area contributed by atoms with Gasteiger partial charge in [-0.05, 0) is 6.92 Å². The summed E-state index contributed by atoms with van der Waals surface area (Å²) in [6, 6.07) is -0.0964. The second-order valence-corrected chi connectivity index (χ2v) is 4.65. The fourth-order valence-corrected chi connectivity index (χ4v) is 2.06. The van der Waals surface area contributed by atoms with Crippen molar-refractivity contribution in [3.8, 4) is 0 Å². The Kier molecular flexibility index (Phi) is 5.87. The van der Waals surface area contributed by atoms with E-state index in [1.165, 1.54) is 0 Å². The van der Waals surface area contributed by atoms with Crippen LogP contribution in [0.2, 0.25) is 0 Å². The maximum atomic E-state index is 11.3. The third kappa shape index (κ3) is 5.33. The van der Waals surface area contributed by atoms with Gasteiger partial charge in [0.05, 0.1) is 26.2 Å². The van der Waals surface area contributed by atoms with Crippen molar-refractivity contribution in [1.29, 1.82) is 0 Å². The minimum Gasteiger partial charge on any atom is -0.395 e. The highest BCUT2D eigenvalue weighted by Crippen LogP contribution is 2.04. The van der Waals surface area contributed by atoms with Crippen molar-refractivity contribution < 1.29 is 19.5 Å². The lowest BCUT2D eigenvalue weighted by atomic mass is 10.2. The molecule has 0 radical (unpaired) electrons. The number of carbonyl (C=O) groups excluding carboxylic acids is 3. The van der Waals surface area contributed by atoms with E-state index in [-0.39, 0.29) is 44.1 Å². The van der Waals surface area contributed by atoms with Gasteiger partial charge in [-0.1, -0.05) is 0 Å². The summed E-state index contributed by atoms with van der Waals surface area (Å²) in [5.74, 6) is -1.13. The number of nitrogens with zero attached hydrogens (tertiary/aromatic N) is 2. The largest absolute Gasteiger partial charge is 0.395 e. The van der Waals surface area contributed by atoms with E-state index in [0.717, 1.165) is 0 Å². The Hall–Kier alpha value is -1.51. The fraction of sp³-hybridized carbons (Fsp3) is 0.727. The monoisotopic (exact) mass is 272 g/mol. The summed E-state index contributed by atoms with van der Waals surface area (Å²) in [6.45, 7) is 2.88. The van der Waals surface area contributed by atoms with Gasteiger partial charge in [0.25, 0.3) is 0 Å². The lowest BCUT2D eigenvalue weighted by Crippen LogP contribution is -2.56. The third-order valence-corrected chi connectivity index (χ3v) is 2.91. The molecule has 0 aromatic rings. The molecular formula is C11H20N4O4. The Bertz CT molecular complexity index is 345. The molecule has 0 saturated carbocycles.